The fourth-order valence-corrected chi connectivity index (χ4v) is 5.19. The second-order valence-corrected chi connectivity index (χ2v) is 11.9. The first-order valence-electron chi connectivity index (χ1n) is 12.4. The van der Waals surface area contributed by atoms with Crippen molar-refractivity contribution < 1.29 is 18.0 Å². The van der Waals surface area contributed by atoms with Gasteiger partial charge in [0.15, 0.2) is 0 Å². The lowest BCUT2D eigenvalue weighted by molar-refractivity contribution is -0.140. The van der Waals surface area contributed by atoms with Crippen LogP contribution < -0.4 is 9.62 Å². The average Bonchev–Trinajstić information content (AvgIpc) is 2.83. The van der Waals surface area contributed by atoms with E-state index in [2.05, 4.69) is 21.2 Å². The minimum atomic E-state index is -3.52. The fraction of sp³-hybridized carbons (Fsp3) is 0.481. The minimum absolute atomic E-state index is 0.00480. The van der Waals surface area contributed by atoms with Gasteiger partial charge in [0, 0.05) is 30.0 Å². The molecule has 0 aromatic heterocycles. The van der Waals surface area contributed by atoms with Gasteiger partial charge in [-0.3, -0.25) is 13.9 Å². The SMILES string of the molecule is CCc1ccc(N(CCCC(=O)N(Cc2cccc(Br)c2)[C@@H](C)C(=O)N[C@H](C)CC)S(C)(=O)=O)cc1. The van der Waals surface area contributed by atoms with Crippen molar-refractivity contribution in [1.29, 1.82) is 0 Å². The molecule has 0 saturated carbocycles. The molecule has 0 saturated heterocycles. The van der Waals surface area contributed by atoms with E-state index in [1.54, 1.807) is 24.0 Å². The van der Waals surface area contributed by atoms with Crippen LogP contribution in [0.25, 0.3) is 0 Å². The molecule has 198 valence electrons. The number of nitrogens with one attached hydrogen (secondary N) is 1. The summed E-state index contributed by atoms with van der Waals surface area (Å²) in [7, 11) is -3.52. The maximum absolute atomic E-state index is 13.4. The minimum Gasteiger partial charge on any atom is -0.352 e. The summed E-state index contributed by atoms with van der Waals surface area (Å²) < 4.78 is 27.2. The number of benzene rings is 2. The summed E-state index contributed by atoms with van der Waals surface area (Å²) >= 11 is 3.46. The Kier molecular flexibility index (Phi) is 11.4. The van der Waals surface area contributed by atoms with E-state index in [1.807, 2.05) is 57.2 Å². The van der Waals surface area contributed by atoms with Gasteiger partial charge in [-0.1, -0.05) is 54.0 Å². The average molecular weight is 581 g/mol. The van der Waals surface area contributed by atoms with E-state index in [4.69, 9.17) is 0 Å². The van der Waals surface area contributed by atoms with E-state index < -0.39 is 16.1 Å². The van der Waals surface area contributed by atoms with Crippen LogP contribution in [-0.2, 0) is 32.6 Å². The number of aryl methyl sites for hydroxylation is 1. The van der Waals surface area contributed by atoms with Crippen molar-refractivity contribution in [2.45, 2.75) is 72.0 Å². The maximum Gasteiger partial charge on any atom is 0.242 e. The van der Waals surface area contributed by atoms with Gasteiger partial charge in [-0.25, -0.2) is 8.42 Å². The number of amides is 2. The van der Waals surface area contributed by atoms with Crippen LogP contribution in [0, 0.1) is 0 Å². The van der Waals surface area contributed by atoms with Gasteiger partial charge in [-0.15, -0.1) is 0 Å². The summed E-state index contributed by atoms with van der Waals surface area (Å²) in [6, 6.07) is 14.4. The fourth-order valence-electron chi connectivity index (χ4n) is 3.78. The van der Waals surface area contributed by atoms with Crippen molar-refractivity contribution in [1.82, 2.24) is 10.2 Å². The molecule has 9 heteroatoms. The molecule has 0 unspecified atom stereocenters. The van der Waals surface area contributed by atoms with E-state index in [9.17, 15) is 18.0 Å². The van der Waals surface area contributed by atoms with Crippen molar-refractivity contribution in [3.63, 3.8) is 0 Å². The molecule has 0 spiro atoms. The predicted molar refractivity (Wildman–Crippen MR) is 149 cm³/mol. The van der Waals surface area contributed by atoms with Crippen molar-refractivity contribution in [3.8, 4) is 0 Å². The van der Waals surface area contributed by atoms with Gasteiger partial charge < -0.3 is 10.2 Å². The molecule has 2 rings (SSSR count). The predicted octanol–water partition coefficient (Wildman–Crippen LogP) is 4.89. The summed E-state index contributed by atoms with van der Waals surface area (Å²) in [5.41, 5.74) is 2.60. The number of halogens is 1. The number of carbonyl (C=O) groups excluding carboxylic acids is 2. The lowest BCUT2D eigenvalue weighted by Crippen LogP contribution is -2.49. The Morgan fingerprint density at radius 1 is 1.03 bits per heavy atom. The molecule has 0 aliphatic rings. The van der Waals surface area contributed by atoms with Crippen LogP contribution in [-0.4, -0.2) is 50.0 Å². The number of nitrogens with zero attached hydrogens (tertiary/aromatic N) is 2. The van der Waals surface area contributed by atoms with Crippen LogP contribution in [0.15, 0.2) is 53.0 Å². The van der Waals surface area contributed by atoms with Gasteiger partial charge in [-0.2, -0.15) is 0 Å². The van der Waals surface area contributed by atoms with Gasteiger partial charge in [0.2, 0.25) is 21.8 Å². The number of hydrogen-bond acceptors (Lipinski definition) is 4. The first kappa shape index (κ1) is 29.8. The van der Waals surface area contributed by atoms with Gasteiger partial charge in [0.05, 0.1) is 11.9 Å². The largest absolute Gasteiger partial charge is 0.352 e. The zero-order chi connectivity index (χ0) is 26.9. The summed E-state index contributed by atoms with van der Waals surface area (Å²) in [5.74, 6) is -0.405. The number of anilines is 1. The molecule has 0 fully saturated rings. The van der Waals surface area contributed by atoms with Crippen LogP contribution in [0.2, 0.25) is 0 Å². The van der Waals surface area contributed by atoms with Crippen molar-refractivity contribution in [3.05, 3.63) is 64.1 Å². The molecule has 1 N–H and O–H groups in total. The highest BCUT2D eigenvalue weighted by atomic mass is 79.9. The van der Waals surface area contributed by atoms with Crippen LogP contribution in [0.3, 0.4) is 0 Å². The zero-order valence-corrected chi connectivity index (χ0v) is 24.2. The highest BCUT2D eigenvalue weighted by molar-refractivity contribution is 9.10. The standard InChI is InChI=1S/C27H38BrN3O4S/c1-6-20(3)29-27(33)21(4)30(19-23-10-8-11-24(28)18-23)26(32)12-9-17-31(36(5,34)35)25-15-13-22(7-2)14-16-25/h8,10-11,13-16,18,20-21H,6-7,9,12,17,19H2,1-5H3,(H,29,33)/t20-,21+/m1/s1. The quantitative estimate of drug-likeness (QED) is 0.366. The van der Waals surface area contributed by atoms with E-state index in [-0.39, 0.29) is 37.4 Å². The maximum atomic E-state index is 13.4. The molecule has 0 radical (unpaired) electrons. The van der Waals surface area contributed by atoms with Gasteiger partial charge in [0.1, 0.15) is 6.04 Å². The molecule has 0 heterocycles. The Morgan fingerprint density at radius 3 is 2.25 bits per heavy atom. The lowest BCUT2D eigenvalue weighted by atomic mass is 10.1. The second-order valence-electron chi connectivity index (χ2n) is 9.10. The van der Waals surface area contributed by atoms with Gasteiger partial charge in [-0.05, 0) is 68.5 Å². The third-order valence-corrected chi connectivity index (χ3v) is 7.88. The van der Waals surface area contributed by atoms with Crippen molar-refractivity contribution in [2.75, 3.05) is 17.1 Å². The molecule has 2 aromatic carbocycles. The molecular formula is C27H38BrN3O4S. The number of carbonyl (C=O) groups is 2. The first-order valence-corrected chi connectivity index (χ1v) is 15.0. The molecule has 2 amide bonds. The summed E-state index contributed by atoms with van der Waals surface area (Å²) in [6.07, 6.45) is 3.27. The van der Waals surface area contributed by atoms with Crippen LogP contribution in [0.5, 0.6) is 0 Å². The first-order chi connectivity index (χ1) is 17.0. The smallest absolute Gasteiger partial charge is 0.242 e. The highest BCUT2D eigenvalue weighted by Crippen LogP contribution is 2.21. The van der Waals surface area contributed by atoms with Gasteiger partial charge >= 0.3 is 0 Å². The molecule has 7 nitrogen and oxygen atoms in total. The normalized spacial score (nSPS) is 13.1. The number of hydrogen-bond donors (Lipinski definition) is 1. The molecule has 0 bridgehead atoms. The molecular weight excluding hydrogens is 542 g/mol. The van der Waals surface area contributed by atoms with Crippen LogP contribution in [0.1, 0.15) is 58.1 Å². The number of rotatable bonds is 13. The Balaban J connectivity index is 2.17. The van der Waals surface area contributed by atoms with Crippen LogP contribution in [0.4, 0.5) is 5.69 Å². The van der Waals surface area contributed by atoms with E-state index in [1.165, 1.54) is 10.6 Å². The second kappa shape index (κ2) is 13.8. The monoisotopic (exact) mass is 579 g/mol. The third kappa shape index (κ3) is 8.92. The third-order valence-electron chi connectivity index (χ3n) is 6.20. The molecule has 2 aromatic rings. The van der Waals surface area contributed by atoms with E-state index in [0.29, 0.717) is 12.1 Å². The Labute approximate surface area is 224 Å². The Morgan fingerprint density at radius 2 is 1.69 bits per heavy atom. The zero-order valence-electron chi connectivity index (χ0n) is 21.8. The summed E-state index contributed by atoms with van der Waals surface area (Å²) in [4.78, 5) is 27.8. The topological polar surface area (TPSA) is 86.8 Å². The number of sulfonamides is 1. The Bertz CT molecular complexity index is 1120. The van der Waals surface area contributed by atoms with Crippen molar-refractivity contribution in [2.24, 2.45) is 0 Å². The summed E-state index contributed by atoms with van der Waals surface area (Å²) in [6.45, 7) is 8.14. The van der Waals surface area contributed by atoms with E-state index >= 15 is 0 Å². The lowest BCUT2D eigenvalue weighted by Gasteiger charge is -2.30. The molecule has 2 atom stereocenters. The van der Waals surface area contributed by atoms with Crippen molar-refractivity contribution >= 4 is 43.5 Å². The van der Waals surface area contributed by atoms with Gasteiger partial charge in [0.25, 0.3) is 0 Å². The highest BCUT2D eigenvalue weighted by Gasteiger charge is 2.27. The van der Waals surface area contributed by atoms with Crippen LogP contribution >= 0.6 is 15.9 Å². The summed E-state index contributed by atoms with van der Waals surface area (Å²) in [5, 5.41) is 2.96. The Hall–Kier alpha value is -2.39. The van der Waals surface area contributed by atoms with E-state index in [0.717, 1.165) is 28.4 Å². The molecule has 0 aliphatic carbocycles. The molecule has 36 heavy (non-hydrogen) atoms. The molecule has 0 aliphatic heterocycles.